The molecule has 48 heavy (non-hydrogen) atoms. The van der Waals surface area contributed by atoms with E-state index in [-0.39, 0.29) is 6.42 Å². The van der Waals surface area contributed by atoms with E-state index in [4.69, 9.17) is 9.57 Å². The number of nitrogens with zero attached hydrogens (tertiary/aromatic N) is 5. The zero-order chi connectivity index (χ0) is 33.9. The number of aromatic nitrogens is 2. The summed E-state index contributed by atoms with van der Waals surface area (Å²) in [5.41, 5.74) is 1.81. The van der Waals surface area contributed by atoms with Crippen LogP contribution in [0.15, 0.2) is 85.7 Å². The molecule has 2 fully saturated rings. The molecule has 3 aromatic rings. The van der Waals surface area contributed by atoms with Crippen LogP contribution in [0.2, 0.25) is 0 Å². The Morgan fingerprint density at radius 2 is 1.90 bits per heavy atom. The third-order valence-corrected chi connectivity index (χ3v) is 9.99. The number of halogens is 1. The van der Waals surface area contributed by atoms with E-state index in [1.165, 1.54) is 35.1 Å². The van der Waals surface area contributed by atoms with Gasteiger partial charge in [-0.1, -0.05) is 49.1 Å². The maximum Gasteiger partial charge on any atom is 0.247 e. The molecule has 252 valence electrons. The van der Waals surface area contributed by atoms with Crippen molar-refractivity contribution in [2.24, 2.45) is 0 Å². The number of benzene rings is 2. The Balaban J connectivity index is 1.25. The molecule has 0 saturated carbocycles. The standard InChI is InChI=1S/C34H38FN7O5S/c1-4-33(43)39-26-19-27(29(46-2)20-28(26)40-14-16-41(17-15-40)48(3,44)45)38-31-21-32(37-23-36-31)42-30(12-18-47-42)34(35)13-8-11-25(22-34)24-9-6-5-7-10-24/h4-11,13,19-21,23,30H,1,12,14-18,22H2,2-3H3,(H,39,43)(H,36,37,38)/t30-,34?/m1/s1. The maximum atomic E-state index is 16.7. The third kappa shape index (κ3) is 7.05. The lowest BCUT2D eigenvalue weighted by Crippen LogP contribution is -2.48. The quantitative estimate of drug-likeness (QED) is 0.292. The van der Waals surface area contributed by atoms with Crippen LogP contribution in [-0.4, -0.2) is 86.5 Å². The number of hydroxylamine groups is 1. The van der Waals surface area contributed by atoms with Gasteiger partial charge in [-0.15, -0.1) is 0 Å². The van der Waals surface area contributed by atoms with Gasteiger partial charge >= 0.3 is 0 Å². The average molecular weight is 676 g/mol. The van der Waals surface area contributed by atoms with Gasteiger partial charge in [-0.2, -0.15) is 4.31 Å². The molecular weight excluding hydrogens is 637 g/mol. The third-order valence-electron chi connectivity index (χ3n) is 8.69. The Kier molecular flexibility index (Phi) is 9.49. The van der Waals surface area contributed by atoms with Crippen LogP contribution >= 0.6 is 0 Å². The Bertz CT molecular complexity index is 1850. The number of carbonyl (C=O) groups is 1. The minimum atomic E-state index is -3.32. The molecule has 3 aliphatic rings. The molecule has 2 N–H and O–H groups in total. The van der Waals surface area contributed by atoms with Gasteiger partial charge in [0.25, 0.3) is 0 Å². The highest BCUT2D eigenvalue weighted by atomic mass is 32.2. The number of amides is 1. The lowest BCUT2D eigenvalue weighted by atomic mass is 9.82. The first-order valence-corrected chi connectivity index (χ1v) is 17.4. The first-order chi connectivity index (χ1) is 23.1. The monoisotopic (exact) mass is 675 g/mol. The Morgan fingerprint density at radius 3 is 2.60 bits per heavy atom. The van der Waals surface area contributed by atoms with Crippen LogP contribution in [0.3, 0.4) is 0 Å². The van der Waals surface area contributed by atoms with Crippen LogP contribution < -0.4 is 25.3 Å². The number of alkyl halides is 1. The second-order valence-corrected chi connectivity index (χ2v) is 13.8. The van der Waals surface area contributed by atoms with E-state index >= 15 is 4.39 Å². The van der Waals surface area contributed by atoms with E-state index in [0.29, 0.717) is 73.7 Å². The number of hydrogen-bond acceptors (Lipinski definition) is 10. The summed E-state index contributed by atoms with van der Waals surface area (Å²) in [6.45, 7) is 5.34. The largest absolute Gasteiger partial charge is 0.494 e. The molecule has 1 amide bonds. The number of nitrogens with one attached hydrogen (secondary N) is 2. The molecule has 2 aromatic carbocycles. The van der Waals surface area contributed by atoms with Crippen LogP contribution in [-0.2, 0) is 19.7 Å². The molecule has 12 nitrogen and oxygen atoms in total. The molecule has 0 radical (unpaired) electrons. The summed E-state index contributed by atoms with van der Waals surface area (Å²) in [5, 5.41) is 7.63. The van der Waals surface area contributed by atoms with Crippen molar-refractivity contribution in [2.45, 2.75) is 24.6 Å². The molecule has 1 aromatic heterocycles. The molecule has 0 bridgehead atoms. The average Bonchev–Trinajstić information content (AvgIpc) is 3.60. The lowest BCUT2D eigenvalue weighted by molar-refractivity contribution is -0.111. The van der Waals surface area contributed by atoms with E-state index in [2.05, 4.69) is 27.2 Å². The summed E-state index contributed by atoms with van der Waals surface area (Å²) in [6, 6.07) is 14.3. The van der Waals surface area contributed by atoms with Crippen LogP contribution in [0, 0.1) is 0 Å². The minimum Gasteiger partial charge on any atom is -0.494 e. The zero-order valence-electron chi connectivity index (χ0n) is 26.8. The number of carbonyl (C=O) groups excluding carboxylic acids is 1. The number of methoxy groups -OCH3 is 1. The van der Waals surface area contributed by atoms with Gasteiger partial charge in [0.05, 0.1) is 43.1 Å². The van der Waals surface area contributed by atoms with Crippen molar-refractivity contribution in [3.05, 3.63) is 91.3 Å². The maximum absolute atomic E-state index is 16.7. The second kappa shape index (κ2) is 13.7. The molecule has 14 heteroatoms. The smallest absolute Gasteiger partial charge is 0.247 e. The molecule has 6 rings (SSSR count). The first kappa shape index (κ1) is 33.1. The van der Waals surface area contributed by atoms with Gasteiger partial charge in [0.2, 0.25) is 15.9 Å². The summed E-state index contributed by atoms with van der Waals surface area (Å²) < 4.78 is 48.0. The van der Waals surface area contributed by atoms with Gasteiger partial charge < -0.3 is 20.3 Å². The van der Waals surface area contributed by atoms with Gasteiger partial charge in [0.15, 0.2) is 11.5 Å². The van der Waals surface area contributed by atoms with Crippen LogP contribution in [0.25, 0.3) is 5.57 Å². The van der Waals surface area contributed by atoms with Gasteiger partial charge in [0, 0.05) is 44.7 Å². The summed E-state index contributed by atoms with van der Waals surface area (Å²) >= 11 is 0. The summed E-state index contributed by atoms with van der Waals surface area (Å²) in [6.07, 6.45) is 9.70. The number of ether oxygens (including phenoxy) is 1. The summed E-state index contributed by atoms with van der Waals surface area (Å²) in [5.74, 6) is 0.819. The van der Waals surface area contributed by atoms with Crippen molar-refractivity contribution in [2.75, 3.05) is 66.7 Å². The highest BCUT2D eigenvalue weighted by Crippen LogP contribution is 2.42. The van der Waals surface area contributed by atoms with Gasteiger partial charge in [-0.25, -0.2) is 27.8 Å². The molecule has 2 saturated heterocycles. The van der Waals surface area contributed by atoms with Crippen molar-refractivity contribution >= 4 is 50.2 Å². The van der Waals surface area contributed by atoms with Crippen LogP contribution in [0.1, 0.15) is 18.4 Å². The highest BCUT2D eigenvalue weighted by molar-refractivity contribution is 7.88. The second-order valence-electron chi connectivity index (χ2n) is 11.8. The lowest BCUT2D eigenvalue weighted by Gasteiger charge is -2.36. The fraction of sp³-hybridized carbons (Fsp3) is 0.324. The molecule has 3 heterocycles. The summed E-state index contributed by atoms with van der Waals surface area (Å²) in [4.78, 5) is 29.2. The number of hydrogen-bond donors (Lipinski definition) is 2. The van der Waals surface area contributed by atoms with Crippen molar-refractivity contribution in [1.29, 1.82) is 0 Å². The van der Waals surface area contributed by atoms with Crippen molar-refractivity contribution in [3.63, 3.8) is 0 Å². The minimum absolute atomic E-state index is 0.195. The van der Waals surface area contributed by atoms with E-state index in [1.54, 1.807) is 30.4 Å². The van der Waals surface area contributed by atoms with E-state index in [0.717, 1.165) is 11.1 Å². The van der Waals surface area contributed by atoms with Crippen LogP contribution in [0.4, 0.5) is 33.1 Å². The van der Waals surface area contributed by atoms with Gasteiger partial charge in [0.1, 0.15) is 17.9 Å². The van der Waals surface area contributed by atoms with E-state index in [1.807, 2.05) is 41.3 Å². The Morgan fingerprint density at radius 1 is 1.12 bits per heavy atom. The number of rotatable bonds is 10. The Labute approximate surface area is 279 Å². The Hall–Kier alpha value is -4.79. The number of allylic oxidation sites excluding steroid dienone is 3. The van der Waals surface area contributed by atoms with Crippen LogP contribution in [0.5, 0.6) is 5.75 Å². The highest BCUT2D eigenvalue weighted by Gasteiger charge is 2.46. The normalized spacial score (nSPS) is 21.5. The van der Waals surface area contributed by atoms with Gasteiger partial charge in [-0.3, -0.25) is 9.63 Å². The van der Waals surface area contributed by atoms with Gasteiger partial charge in [-0.05, 0) is 35.8 Å². The van der Waals surface area contributed by atoms with E-state index in [9.17, 15) is 13.2 Å². The fourth-order valence-corrected chi connectivity index (χ4v) is 7.09. The molecule has 2 atom stereocenters. The van der Waals surface area contributed by atoms with E-state index < -0.39 is 27.6 Å². The number of piperazine rings is 1. The molecule has 1 aliphatic carbocycles. The van der Waals surface area contributed by atoms with Crippen molar-refractivity contribution < 1.29 is 27.2 Å². The topological polar surface area (TPSA) is 129 Å². The molecule has 1 unspecified atom stereocenters. The predicted octanol–water partition coefficient (Wildman–Crippen LogP) is 4.70. The summed E-state index contributed by atoms with van der Waals surface area (Å²) in [7, 11) is -1.79. The number of anilines is 5. The molecule has 0 spiro atoms. The zero-order valence-corrected chi connectivity index (χ0v) is 27.6. The molecular formula is C34H38FN7O5S. The predicted molar refractivity (Wildman–Crippen MR) is 185 cm³/mol. The number of sulfonamides is 1. The van der Waals surface area contributed by atoms with Crippen molar-refractivity contribution in [1.82, 2.24) is 14.3 Å². The SMILES string of the molecule is C=CC(=O)Nc1cc(Nc2cc(N3OCC[C@@H]3C3(F)C=CC=C(c4ccccc4)C3)ncn2)c(OC)cc1N1CCN(S(C)(=O)=O)CC1. The fourth-order valence-electron chi connectivity index (χ4n) is 6.26. The first-order valence-electron chi connectivity index (χ1n) is 15.6. The molecule has 2 aliphatic heterocycles. The van der Waals surface area contributed by atoms with Crippen molar-refractivity contribution in [3.8, 4) is 5.75 Å².